The number of aliphatic hydroxyl groups is 1. The Bertz CT molecular complexity index is 680. The highest BCUT2D eigenvalue weighted by Crippen LogP contribution is 2.20. The van der Waals surface area contributed by atoms with Crippen LogP contribution in [0.15, 0.2) is 18.6 Å². The zero-order chi connectivity index (χ0) is 17.8. The molecule has 2 aromatic heterocycles. The molecular formula is C17H28N6O2. The van der Waals surface area contributed by atoms with Crippen molar-refractivity contribution in [1.29, 1.82) is 0 Å². The molecule has 0 spiro atoms. The molecule has 0 radical (unpaired) electrons. The van der Waals surface area contributed by atoms with Gasteiger partial charge >= 0.3 is 0 Å². The van der Waals surface area contributed by atoms with Gasteiger partial charge < -0.3 is 19.3 Å². The summed E-state index contributed by atoms with van der Waals surface area (Å²) in [7, 11) is 5.62. The van der Waals surface area contributed by atoms with Gasteiger partial charge in [-0.25, -0.2) is 4.98 Å². The standard InChI is InChI=1S/C17H28N6O2/c1-20(2)12-17(24)16-8-14-10-21(4-5-23(14)19-16)11-15-9-18-13-22(15)6-7-25-3/h8-9,13,17,24H,4-7,10-12H2,1-3H3. The van der Waals surface area contributed by atoms with Crippen LogP contribution in [0, 0.1) is 0 Å². The zero-order valence-electron chi connectivity index (χ0n) is 15.3. The third-order valence-corrected chi connectivity index (χ3v) is 4.50. The molecule has 138 valence electrons. The van der Waals surface area contributed by atoms with E-state index in [0.29, 0.717) is 13.2 Å². The van der Waals surface area contributed by atoms with E-state index in [9.17, 15) is 5.11 Å². The van der Waals surface area contributed by atoms with E-state index >= 15 is 0 Å². The highest BCUT2D eigenvalue weighted by atomic mass is 16.5. The summed E-state index contributed by atoms with van der Waals surface area (Å²) in [6, 6.07) is 2.03. The molecule has 3 heterocycles. The van der Waals surface area contributed by atoms with Crippen molar-refractivity contribution >= 4 is 0 Å². The molecule has 1 aliphatic heterocycles. The van der Waals surface area contributed by atoms with E-state index in [1.54, 1.807) is 7.11 Å². The molecule has 1 unspecified atom stereocenters. The van der Waals surface area contributed by atoms with Crippen molar-refractivity contribution in [3.63, 3.8) is 0 Å². The van der Waals surface area contributed by atoms with E-state index < -0.39 is 6.10 Å². The maximum Gasteiger partial charge on any atom is 0.110 e. The first kappa shape index (κ1) is 18.1. The lowest BCUT2D eigenvalue weighted by Crippen LogP contribution is -2.34. The maximum atomic E-state index is 10.3. The number of likely N-dealkylation sites (N-methyl/N-ethyl adjacent to an activating group) is 1. The van der Waals surface area contributed by atoms with Gasteiger partial charge in [-0.15, -0.1) is 0 Å². The fourth-order valence-electron chi connectivity index (χ4n) is 3.18. The third kappa shape index (κ3) is 4.46. The Hall–Kier alpha value is -1.74. The van der Waals surface area contributed by atoms with Crippen LogP contribution in [0.2, 0.25) is 0 Å². The Morgan fingerprint density at radius 2 is 2.20 bits per heavy atom. The molecule has 1 atom stereocenters. The van der Waals surface area contributed by atoms with Gasteiger partial charge in [0.1, 0.15) is 6.10 Å². The lowest BCUT2D eigenvalue weighted by Gasteiger charge is -2.27. The van der Waals surface area contributed by atoms with Crippen LogP contribution in [0.1, 0.15) is 23.2 Å². The van der Waals surface area contributed by atoms with E-state index in [1.807, 2.05) is 42.3 Å². The topological polar surface area (TPSA) is 71.6 Å². The van der Waals surface area contributed by atoms with Crippen LogP contribution in [-0.4, -0.2) is 75.1 Å². The number of ether oxygens (including phenoxy) is 1. The van der Waals surface area contributed by atoms with Crippen molar-refractivity contribution in [3.05, 3.63) is 35.7 Å². The van der Waals surface area contributed by atoms with Crippen LogP contribution in [0.3, 0.4) is 0 Å². The van der Waals surface area contributed by atoms with E-state index in [0.717, 1.165) is 44.1 Å². The first-order valence-corrected chi connectivity index (χ1v) is 8.66. The van der Waals surface area contributed by atoms with Crippen LogP contribution in [0.5, 0.6) is 0 Å². The first-order valence-electron chi connectivity index (χ1n) is 8.66. The zero-order valence-corrected chi connectivity index (χ0v) is 15.3. The Morgan fingerprint density at radius 3 is 2.96 bits per heavy atom. The van der Waals surface area contributed by atoms with Crippen molar-refractivity contribution in [2.75, 3.05) is 40.9 Å². The molecule has 0 bridgehead atoms. The lowest BCUT2D eigenvalue weighted by atomic mass is 10.2. The minimum Gasteiger partial charge on any atom is -0.385 e. The van der Waals surface area contributed by atoms with Gasteiger partial charge in [0.05, 0.1) is 36.6 Å². The predicted molar refractivity (Wildman–Crippen MR) is 94.0 cm³/mol. The van der Waals surface area contributed by atoms with Gasteiger partial charge in [0, 0.05) is 46.0 Å². The van der Waals surface area contributed by atoms with Crippen molar-refractivity contribution in [2.24, 2.45) is 0 Å². The number of nitrogens with zero attached hydrogens (tertiary/aromatic N) is 6. The average Bonchev–Trinajstić information content (AvgIpc) is 3.18. The van der Waals surface area contributed by atoms with E-state index in [2.05, 4.69) is 19.5 Å². The SMILES string of the molecule is COCCn1cncc1CN1CCn2nc(C(O)CN(C)C)cc2C1. The van der Waals surface area contributed by atoms with Crippen LogP contribution in [0.4, 0.5) is 0 Å². The number of aromatic nitrogens is 4. The highest BCUT2D eigenvalue weighted by Gasteiger charge is 2.22. The molecule has 0 aliphatic carbocycles. The lowest BCUT2D eigenvalue weighted by molar-refractivity contribution is 0.133. The monoisotopic (exact) mass is 348 g/mol. The second kappa shape index (κ2) is 8.09. The fraction of sp³-hybridized carbons (Fsp3) is 0.647. The van der Waals surface area contributed by atoms with Crippen LogP contribution >= 0.6 is 0 Å². The molecule has 0 saturated heterocycles. The molecule has 2 aromatic rings. The molecule has 8 heteroatoms. The maximum absolute atomic E-state index is 10.3. The number of fused-ring (bicyclic) bond motifs is 1. The summed E-state index contributed by atoms with van der Waals surface area (Å²) in [5.74, 6) is 0. The van der Waals surface area contributed by atoms with Crippen molar-refractivity contribution in [2.45, 2.75) is 32.3 Å². The van der Waals surface area contributed by atoms with Crippen molar-refractivity contribution in [3.8, 4) is 0 Å². The largest absolute Gasteiger partial charge is 0.385 e. The van der Waals surface area contributed by atoms with Gasteiger partial charge in [0.15, 0.2) is 0 Å². The number of hydrogen-bond donors (Lipinski definition) is 1. The summed E-state index contributed by atoms with van der Waals surface area (Å²) < 4.78 is 9.32. The van der Waals surface area contributed by atoms with Gasteiger partial charge in [-0.05, 0) is 20.2 Å². The molecule has 0 amide bonds. The molecule has 1 N–H and O–H groups in total. The van der Waals surface area contributed by atoms with Crippen LogP contribution in [0.25, 0.3) is 0 Å². The molecule has 1 aliphatic rings. The van der Waals surface area contributed by atoms with E-state index in [1.165, 1.54) is 5.69 Å². The summed E-state index contributed by atoms with van der Waals surface area (Å²) in [6.07, 6.45) is 3.24. The summed E-state index contributed by atoms with van der Waals surface area (Å²) in [5.41, 5.74) is 3.11. The minimum absolute atomic E-state index is 0.544. The Morgan fingerprint density at radius 1 is 1.36 bits per heavy atom. The van der Waals surface area contributed by atoms with Gasteiger partial charge in [0.25, 0.3) is 0 Å². The van der Waals surface area contributed by atoms with Crippen molar-refractivity contribution < 1.29 is 9.84 Å². The quantitative estimate of drug-likeness (QED) is 0.742. The number of hydrogen-bond acceptors (Lipinski definition) is 6. The predicted octanol–water partition coefficient (Wildman–Crippen LogP) is 0.337. The summed E-state index contributed by atoms with van der Waals surface area (Å²) in [4.78, 5) is 8.62. The van der Waals surface area contributed by atoms with Gasteiger partial charge in [0.2, 0.25) is 0 Å². The fourth-order valence-corrected chi connectivity index (χ4v) is 3.18. The van der Waals surface area contributed by atoms with Gasteiger partial charge in [-0.3, -0.25) is 9.58 Å². The van der Waals surface area contributed by atoms with E-state index in [-0.39, 0.29) is 0 Å². The Labute approximate surface area is 148 Å². The van der Waals surface area contributed by atoms with E-state index in [4.69, 9.17) is 4.74 Å². The smallest absolute Gasteiger partial charge is 0.110 e. The first-order chi connectivity index (χ1) is 12.1. The number of rotatable bonds is 8. The molecule has 0 aromatic carbocycles. The summed E-state index contributed by atoms with van der Waals surface area (Å²) in [5, 5.41) is 14.9. The van der Waals surface area contributed by atoms with Crippen molar-refractivity contribution in [1.82, 2.24) is 29.1 Å². The second-order valence-electron chi connectivity index (χ2n) is 6.84. The summed E-state index contributed by atoms with van der Waals surface area (Å²) in [6.45, 7) is 5.55. The highest BCUT2D eigenvalue weighted by molar-refractivity contribution is 5.15. The summed E-state index contributed by atoms with van der Waals surface area (Å²) >= 11 is 0. The number of imidazole rings is 1. The molecule has 3 rings (SSSR count). The normalized spacial score (nSPS) is 16.4. The minimum atomic E-state index is -0.544. The molecular weight excluding hydrogens is 320 g/mol. The average molecular weight is 348 g/mol. The molecule has 25 heavy (non-hydrogen) atoms. The van der Waals surface area contributed by atoms with Gasteiger partial charge in [-0.2, -0.15) is 5.10 Å². The number of aliphatic hydroxyl groups excluding tert-OH is 1. The molecule has 8 nitrogen and oxygen atoms in total. The van der Waals surface area contributed by atoms with Crippen LogP contribution < -0.4 is 0 Å². The Kier molecular flexibility index (Phi) is 5.85. The van der Waals surface area contributed by atoms with Crippen LogP contribution in [-0.2, 0) is 30.9 Å². The third-order valence-electron chi connectivity index (χ3n) is 4.50. The van der Waals surface area contributed by atoms with Gasteiger partial charge in [-0.1, -0.05) is 0 Å². The molecule has 0 fully saturated rings. The molecule has 0 saturated carbocycles. The number of methoxy groups -OCH3 is 1. The Balaban J connectivity index is 1.63. The second-order valence-corrected chi connectivity index (χ2v) is 6.84.